The maximum Gasteiger partial charge on any atom is 0.131 e. The summed E-state index contributed by atoms with van der Waals surface area (Å²) in [5.41, 5.74) is 1.83. The quantitative estimate of drug-likeness (QED) is 0.800. The number of nitrogens with zero attached hydrogens (tertiary/aromatic N) is 2. The minimum absolute atomic E-state index is 0.157. The van der Waals surface area contributed by atoms with Crippen LogP contribution in [0.5, 0.6) is 0 Å². The van der Waals surface area contributed by atoms with Crippen molar-refractivity contribution in [3.05, 3.63) is 64.7 Å². The monoisotopic (exact) mass is 303 g/mol. The molecule has 0 aliphatic rings. The van der Waals surface area contributed by atoms with Crippen molar-refractivity contribution >= 4 is 22.4 Å². The molecule has 1 unspecified atom stereocenters. The van der Waals surface area contributed by atoms with E-state index in [9.17, 15) is 4.39 Å². The number of fused-ring (bicyclic) bond motifs is 1. The molecule has 0 saturated carbocycles. The van der Waals surface area contributed by atoms with Crippen LogP contribution in [0.15, 0.2) is 42.6 Å². The maximum absolute atomic E-state index is 14.0. The van der Waals surface area contributed by atoms with E-state index in [1.807, 2.05) is 32.3 Å². The molecule has 108 valence electrons. The third-order valence-corrected chi connectivity index (χ3v) is 4.01. The Labute approximate surface area is 127 Å². The highest BCUT2D eigenvalue weighted by atomic mass is 35.5. The van der Waals surface area contributed by atoms with Crippen LogP contribution in [0.1, 0.15) is 17.3 Å². The van der Waals surface area contributed by atoms with Crippen LogP contribution in [0.2, 0.25) is 5.02 Å². The standard InChI is InChI=1S/C16H15ClFN3/c1-19-15(16-13(17)9-20-21(16)2)12-7-8-14(18)11-6-4-3-5-10(11)12/h3-9,15,19H,1-2H3. The fourth-order valence-corrected chi connectivity index (χ4v) is 3.00. The van der Waals surface area contributed by atoms with E-state index in [1.165, 1.54) is 6.07 Å². The van der Waals surface area contributed by atoms with Crippen LogP contribution >= 0.6 is 11.6 Å². The Morgan fingerprint density at radius 2 is 1.90 bits per heavy atom. The van der Waals surface area contributed by atoms with Gasteiger partial charge in [-0.25, -0.2) is 4.39 Å². The predicted octanol–water partition coefficient (Wildman–Crippen LogP) is 3.67. The molecule has 0 amide bonds. The summed E-state index contributed by atoms with van der Waals surface area (Å²) in [4.78, 5) is 0. The molecule has 2 aromatic carbocycles. The van der Waals surface area contributed by atoms with E-state index in [4.69, 9.17) is 11.6 Å². The van der Waals surface area contributed by atoms with Gasteiger partial charge in [-0.3, -0.25) is 4.68 Å². The third kappa shape index (κ3) is 2.30. The Bertz CT molecular complexity index is 778. The molecule has 0 fully saturated rings. The summed E-state index contributed by atoms with van der Waals surface area (Å²) < 4.78 is 15.7. The van der Waals surface area contributed by atoms with Crippen molar-refractivity contribution in [2.75, 3.05) is 7.05 Å². The summed E-state index contributed by atoms with van der Waals surface area (Å²) >= 11 is 6.25. The summed E-state index contributed by atoms with van der Waals surface area (Å²) in [5.74, 6) is -0.222. The SMILES string of the molecule is CNC(c1ccc(F)c2ccccc12)c1c(Cl)cnn1C. The van der Waals surface area contributed by atoms with Gasteiger partial charge in [-0.05, 0) is 24.1 Å². The molecule has 0 spiro atoms. The number of halogens is 2. The first-order chi connectivity index (χ1) is 10.1. The molecule has 0 aliphatic heterocycles. The van der Waals surface area contributed by atoms with Crippen LogP contribution in [-0.4, -0.2) is 16.8 Å². The molecule has 3 rings (SSSR count). The van der Waals surface area contributed by atoms with E-state index in [-0.39, 0.29) is 11.9 Å². The van der Waals surface area contributed by atoms with Crippen molar-refractivity contribution in [1.82, 2.24) is 15.1 Å². The van der Waals surface area contributed by atoms with Gasteiger partial charge in [0.25, 0.3) is 0 Å². The van der Waals surface area contributed by atoms with E-state index < -0.39 is 0 Å². The summed E-state index contributed by atoms with van der Waals surface area (Å²) in [7, 11) is 3.70. The van der Waals surface area contributed by atoms with E-state index in [0.717, 1.165) is 16.6 Å². The Morgan fingerprint density at radius 3 is 2.52 bits per heavy atom. The van der Waals surface area contributed by atoms with Crippen LogP contribution in [-0.2, 0) is 7.05 Å². The van der Waals surface area contributed by atoms with Gasteiger partial charge in [-0.1, -0.05) is 41.9 Å². The lowest BCUT2D eigenvalue weighted by atomic mass is 9.96. The molecular weight excluding hydrogens is 289 g/mol. The van der Waals surface area contributed by atoms with Gasteiger partial charge < -0.3 is 5.32 Å². The molecule has 0 bridgehead atoms. The smallest absolute Gasteiger partial charge is 0.131 e. The number of hydrogen-bond donors (Lipinski definition) is 1. The van der Waals surface area contributed by atoms with Gasteiger partial charge in [0.1, 0.15) is 5.82 Å². The van der Waals surface area contributed by atoms with Gasteiger partial charge in [0, 0.05) is 12.4 Å². The second kappa shape index (κ2) is 5.47. The summed E-state index contributed by atoms with van der Waals surface area (Å²) in [6.07, 6.45) is 1.62. The summed E-state index contributed by atoms with van der Waals surface area (Å²) in [6, 6.07) is 10.6. The first-order valence-electron chi connectivity index (χ1n) is 6.65. The predicted molar refractivity (Wildman–Crippen MR) is 83.0 cm³/mol. The van der Waals surface area contributed by atoms with Crippen molar-refractivity contribution in [3.8, 4) is 0 Å². The highest BCUT2D eigenvalue weighted by Crippen LogP contribution is 2.32. The average Bonchev–Trinajstić information content (AvgIpc) is 2.83. The van der Waals surface area contributed by atoms with E-state index in [1.54, 1.807) is 23.0 Å². The van der Waals surface area contributed by atoms with E-state index in [0.29, 0.717) is 10.4 Å². The third-order valence-electron chi connectivity index (χ3n) is 3.72. The Kier molecular flexibility index (Phi) is 3.66. The number of nitrogens with one attached hydrogen (secondary N) is 1. The van der Waals surface area contributed by atoms with Crippen LogP contribution in [0.4, 0.5) is 4.39 Å². The normalized spacial score (nSPS) is 12.8. The number of hydrogen-bond acceptors (Lipinski definition) is 2. The van der Waals surface area contributed by atoms with Gasteiger partial charge in [-0.15, -0.1) is 0 Å². The fourth-order valence-electron chi connectivity index (χ4n) is 2.72. The van der Waals surface area contributed by atoms with E-state index in [2.05, 4.69) is 10.4 Å². The zero-order chi connectivity index (χ0) is 15.0. The minimum Gasteiger partial charge on any atom is -0.308 e. The van der Waals surface area contributed by atoms with Gasteiger partial charge in [0.15, 0.2) is 0 Å². The molecule has 1 atom stereocenters. The average molecular weight is 304 g/mol. The second-order valence-electron chi connectivity index (χ2n) is 4.91. The Hall–Kier alpha value is -1.91. The van der Waals surface area contributed by atoms with Gasteiger partial charge >= 0.3 is 0 Å². The molecule has 0 saturated heterocycles. The molecule has 0 radical (unpaired) electrons. The Morgan fingerprint density at radius 1 is 1.19 bits per heavy atom. The fraction of sp³-hybridized carbons (Fsp3) is 0.188. The zero-order valence-electron chi connectivity index (χ0n) is 11.8. The summed E-state index contributed by atoms with van der Waals surface area (Å²) in [6.45, 7) is 0. The van der Waals surface area contributed by atoms with Crippen molar-refractivity contribution < 1.29 is 4.39 Å². The summed E-state index contributed by atoms with van der Waals surface area (Å²) in [5, 5.41) is 9.49. The number of aromatic nitrogens is 2. The van der Waals surface area contributed by atoms with Crippen LogP contribution < -0.4 is 5.32 Å². The topological polar surface area (TPSA) is 29.9 Å². The van der Waals surface area contributed by atoms with Crippen LogP contribution in [0.25, 0.3) is 10.8 Å². The molecule has 21 heavy (non-hydrogen) atoms. The molecular formula is C16H15ClFN3. The minimum atomic E-state index is -0.222. The second-order valence-corrected chi connectivity index (χ2v) is 5.31. The largest absolute Gasteiger partial charge is 0.308 e. The van der Waals surface area contributed by atoms with Gasteiger partial charge in [-0.2, -0.15) is 5.10 Å². The molecule has 3 aromatic rings. The van der Waals surface area contributed by atoms with Crippen molar-refractivity contribution in [2.45, 2.75) is 6.04 Å². The maximum atomic E-state index is 14.0. The number of benzene rings is 2. The van der Waals surface area contributed by atoms with Crippen LogP contribution in [0, 0.1) is 5.82 Å². The first kappa shape index (κ1) is 14.0. The number of rotatable bonds is 3. The van der Waals surface area contributed by atoms with Crippen molar-refractivity contribution in [1.29, 1.82) is 0 Å². The van der Waals surface area contributed by atoms with E-state index >= 15 is 0 Å². The molecule has 3 nitrogen and oxygen atoms in total. The molecule has 0 aliphatic carbocycles. The lowest BCUT2D eigenvalue weighted by Crippen LogP contribution is -2.21. The first-order valence-corrected chi connectivity index (χ1v) is 7.03. The molecule has 1 heterocycles. The molecule has 1 N–H and O–H groups in total. The highest BCUT2D eigenvalue weighted by Gasteiger charge is 2.21. The highest BCUT2D eigenvalue weighted by molar-refractivity contribution is 6.31. The Balaban J connectivity index is 2.25. The molecule has 1 aromatic heterocycles. The van der Waals surface area contributed by atoms with Gasteiger partial charge in [0.05, 0.1) is 23.0 Å². The van der Waals surface area contributed by atoms with Crippen molar-refractivity contribution in [2.24, 2.45) is 7.05 Å². The molecule has 5 heteroatoms. The van der Waals surface area contributed by atoms with Crippen LogP contribution in [0.3, 0.4) is 0 Å². The number of aryl methyl sites for hydroxylation is 1. The zero-order valence-corrected chi connectivity index (χ0v) is 12.5. The van der Waals surface area contributed by atoms with Gasteiger partial charge in [0.2, 0.25) is 0 Å². The lowest BCUT2D eigenvalue weighted by molar-refractivity contribution is 0.606. The lowest BCUT2D eigenvalue weighted by Gasteiger charge is -2.20. The van der Waals surface area contributed by atoms with Crippen molar-refractivity contribution in [3.63, 3.8) is 0 Å².